The maximum atomic E-state index is 13.8. The van der Waals surface area contributed by atoms with Gasteiger partial charge in [-0.1, -0.05) is 45.4 Å². The van der Waals surface area contributed by atoms with Gasteiger partial charge < -0.3 is 9.64 Å². The molecule has 2 aliphatic rings. The van der Waals surface area contributed by atoms with Gasteiger partial charge in [0.25, 0.3) is 0 Å². The summed E-state index contributed by atoms with van der Waals surface area (Å²) in [7, 11) is 0. The number of hydrogen-bond donors (Lipinski definition) is 0. The van der Waals surface area contributed by atoms with Crippen molar-refractivity contribution in [3.8, 4) is 0 Å². The van der Waals surface area contributed by atoms with Crippen LogP contribution in [0.1, 0.15) is 84.4 Å². The van der Waals surface area contributed by atoms with Crippen LogP contribution in [0.4, 0.5) is 4.39 Å². The Kier molecular flexibility index (Phi) is 8.81. The third kappa shape index (κ3) is 5.86. The lowest BCUT2D eigenvalue weighted by molar-refractivity contribution is -0.150. The van der Waals surface area contributed by atoms with Crippen LogP contribution in [0.2, 0.25) is 0 Å². The number of piperidine rings is 1. The Morgan fingerprint density at radius 2 is 1.78 bits per heavy atom. The Labute approximate surface area is 193 Å². The van der Waals surface area contributed by atoms with Gasteiger partial charge in [0.2, 0.25) is 0 Å². The molecule has 0 unspecified atom stereocenters. The molecule has 2 aliphatic heterocycles. The zero-order chi connectivity index (χ0) is 24.1. The molecule has 1 spiro atoms. The second kappa shape index (κ2) is 10.7. The number of esters is 1. The van der Waals surface area contributed by atoms with Crippen molar-refractivity contribution in [3.05, 3.63) is 46.0 Å². The van der Waals surface area contributed by atoms with Crippen molar-refractivity contribution in [2.24, 2.45) is 0 Å². The molecular weight excluding hydrogens is 405 g/mol. The number of alkyl halides is 1. The molecule has 178 valence electrons. The molecule has 5 heteroatoms. The number of carbonyl (C=O) groups excluding carboxylic acids is 2. The van der Waals surface area contributed by atoms with Crippen molar-refractivity contribution in [2.75, 3.05) is 19.6 Å². The standard InChI is InChI=1S/C14H21F.C13H19NO3/c1-5-7-12-8-9-13(14(3,4)15)10-11(12)6-2;1-4-14-7-5-13(6-8-14)11(10(3)15)9(2)12(16)17-13/h8-10H,5-7H2,1-4H3;4-8H2,1-3H3. The Morgan fingerprint density at radius 3 is 2.25 bits per heavy atom. The van der Waals surface area contributed by atoms with Crippen LogP contribution in [0.3, 0.4) is 0 Å². The van der Waals surface area contributed by atoms with Crippen LogP contribution in [0.5, 0.6) is 0 Å². The minimum absolute atomic E-state index is 0.0294. The summed E-state index contributed by atoms with van der Waals surface area (Å²) in [6.07, 6.45) is 4.69. The van der Waals surface area contributed by atoms with E-state index in [0.29, 0.717) is 11.1 Å². The predicted octanol–water partition coefficient (Wildman–Crippen LogP) is 5.71. The van der Waals surface area contributed by atoms with Gasteiger partial charge in [0, 0.05) is 37.1 Å². The van der Waals surface area contributed by atoms with Gasteiger partial charge in [0.1, 0.15) is 11.3 Å². The molecule has 0 N–H and O–H groups in total. The highest BCUT2D eigenvalue weighted by Crippen LogP contribution is 2.41. The number of carbonyl (C=O) groups is 2. The number of likely N-dealkylation sites (tertiary alicyclic amines) is 1. The van der Waals surface area contributed by atoms with Crippen molar-refractivity contribution < 1.29 is 18.7 Å². The summed E-state index contributed by atoms with van der Waals surface area (Å²) in [4.78, 5) is 25.7. The van der Waals surface area contributed by atoms with Crippen LogP contribution in [-0.4, -0.2) is 41.9 Å². The quantitative estimate of drug-likeness (QED) is 0.526. The number of benzene rings is 1. The van der Waals surface area contributed by atoms with Gasteiger partial charge in [-0.2, -0.15) is 0 Å². The number of halogens is 1. The first-order valence-corrected chi connectivity index (χ1v) is 12.0. The van der Waals surface area contributed by atoms with E-state index >= 15 is 0 Å². The van der Waals surface area contributed by atoms with Crippen LogP contribution < -0.4 is 0 Å². The highest BCUT2D eigenvalue weighted by molar-refractivity contribution is 6.07. The lowest BCUT2D eigenvalue weighted by atomic mass is 9.81. The number of Topliss-reactive ketones (excluding diaryl/α,β-unsaturated/α-hetero) is 1. The number of rotatable bonds is 6. The topological polar surface area (TPSA) is 46.6 Å². The summed E-state index contributed by atoms with van der Waals surface area (Å²) >= 11 is 0. The summed E-state index contributed by atoms with van der Waals surface area (Å²) in [6.45, 7) is 15.6. The van der Waals surface area contributed by atoms with Crippen LogP contribution in [0.15, 0.2) is 29.3 Å². The van der Waals surface area contributed by atoms with Gasteiger partial charge in [-0.05, 0) is 63.8 Å². The molecule has 1 fully saturated rings. The first-order valence-electron chi connectivity index (χ1n) is 12.0. The van der Waals surface area contributed by atoms with E-state index in [9.17, 15) is 14.0 Å². The van der Waals surface area contributed by atoms with E-state index in [1.807, 2.05) is 12.1 Å². The van der Waals surface area contributed by atoms with Crippen molar-refractivity contribution >= 4 is 11.8 Å². The maximum absolute atomic E-state index is 13.8. The maximum Gasteiger partial charge on any atom is 0.335 e. The van der Waals surface area contributed by atoms with Gasteiger partial charge in [-0.15, -0.1) is 0 Å². The third-order valence-corrected chi connectivity index (χ3v) is 6.68. The normalized spacial score (nSPS) is 18.4. The van der Waals surface area contributed by atoms with Gasteiger partial charge in [-0.25, -0.2) is 9.18 Å². The van der Waals surface area contributed by atoms with Gasteiger partial charge in [-0.3, -0.25) is 4.79 Å². The Balaban J connectivity index is 0.000000229. The SMILES string of the molecule is CCCc1ccc(C(C)(C)F)cc1CC.CCN1CCC2(CC1)OC(=O)C(C)=C2C(C)=O. The van der Waals surface area contributed by atoms with E-state index in [4.69, 9.17) is 4.74 Å². The molecule has 0 atom stereocenters. The van der Waals surface area contributed by atoms with Crippen LogP contribution in [-0.2, 0) is 32.8 Å². The van der Waals surface area contributed by atoms with Gasteiger partial charge in [0.05, 0.1) is 0 Å². The van der Waals surface area contributed by atoms with Gasteiger partial charge in [0.15, 0.2) is 5.78 Å². The summed E-state index contributed by atoms with van der Waals surface area (Å²) < 4.78 is 19.3. The molecule has 0 aliphatic carbocycles. The highest BCUT2D eigenvalue weighted by Gasteiger charge is 2.49. The second-order valence-corrected chi connectivity index (χ2v) is 9.43. The Morgan fingerprint density at radius 1 is 1.16 bits per heavy atom. The van der Waals surface area contributed by atoms with Crippen LogP contribution >= 0.6 is 0 Å². The zero-order valence-electron chi connectivity index (χ0n) is 20.9. The zero-order valence-corrected chi connectivity index (χ0v) is 20.9. The molecular formula is C27H40FNO3. The monoisotopic (exact) mass is 445 g/mol. The number of ketones is 1. The Bertz CT molecular complexity index is 858. The first-order chi connectivity index (χ1) is 15.0. The molecule has 0 saturated carbocycles. The number of ether oxygens (including phenoxy) is 1. The van der Waals surface area contributed by atoms with E-state index in [1.54, 1.807) is 20.8 Å². The average Bonchev–Trinajstić information content (AvgIpc) is 2.98. The number of hydrogen-bond acceptors (Lipinski definition) is 4. The molecule has 1 saturated heterocycles. The molecule has 0 radical (unpaired) electrons. The van der Waals surface area contributed by atoms with E-state index in [-0.39, 0.29) is 11.8 Å². The minimum atomic E-state index is -1.23. The molecule has 3 rings (SSSR count). The molecule has 4 nitrogen and oxygen atoms in total. The average molecular weight is 446 g/mol. The summed E-state index contributed by atoms with van der Waals surface area (Å²) in [6, 6.07) is 6.02. The molecule has 32 heavy (non-hydrogen) atoms. The second-order valence-electron chi connectivity index (χ2n) is 9.43. The molecule has 0 bridgehead atoms. The lowest BCUT2D eigenvalue weighted by Gasteiger charge is -2.38. The number of nitrogens with zero attached hydrogens (tertiary/aromatic N) is 1. The first kappa shape index (κ1) is 26.2. The van der Waals surface area contributed by atoms with Crippen LogP contribution in [0.25, 0.3) is 0 Å². The molecule has 2 heterocycles. The minimum Gasteiger partial charge on any atom is -0.451 e. The fourth-order valence-corrected chi connectivity index (χ4v) is 4.75. The predicted molar refractivity (Wildman–Crippen MR) is 128 cm³/mol. The van der Waals surface area contributed by atoms with Crippen molar-refractivity contribution in [1.82, 2.24) is 4.90 Å². The molecule has 0 amide bonds. The largest absolute Gasteiger partial charge is 0.451 e. The summed E-state index contributed by atoms with van der Waals surface area (Å²) in [5, 5.41) is 0. The van der Waals surface area contributed by atoms with Gasteiger partial charge >= 0.3 is 5.97 Å². The van der Waals surface area contributed by atoms with E-state index in [1.165, 1.54) is 18.1 Å². The smallest absolute Gasteiger partial charge is 0.335 e. The molecule has 1 aromatic rings. The highest BCUT2D eigenvalue weighted by atomic mass is 19.1. The van der Waals surface area contributed by atoms with Crippen LogP contribution in [0, 0.1) is 0 Å². The van der Waals surface area contributed by atoms with Crippen molar-refractivity contribution in [3.63, 3.8) is 0 Å². The van der Waals surface area contributed by atoms with E-state index in [0.717, 1.165) is 57.3 Å². The summed E-state index contributed by atoms with van der Waals surface area (Å²) in [5.74, 6) is -0.349. The molecule has 0 aromatic heterocycles. The number of aryl methyl sites for hydroxylation is 2. The lowest BCUT2D eigenvalue weighted by Crippen LogP contribution is -2.46. The van der Waals surface area contributed by atoms with Crippen molar-refractivity contribution in [2.45, 2.75) is 91.8 Å². The Hall–Kier alpha value is -2.01. The summed E-state index contributed by atoms with van der Waals surface area (Å²) in [5.41, 5.74) is 2.71. The fraction of sp³-hybridized carbons (Fsp3) is 0.630. The van der Waals surface area contributed by atoms with E-state index in [2.05, 4.69) is 31.7 Å². The molecule has 1 aromatic carbocycles. The fourth-order valence-electron chi connectivity index (χ4n) is 4.75. The third-order valence-electron chi connectivity index (χ3n) is 6.68. The van der Waals surface area contributed by atoms with Crippen molar-refractivity contribution in [1.29, 1.82) is 0 Å². The van der Waals surface area contributed by atoms with E-state index < -0.39 is 11.3 Å².